The van der Waals surface area contributed by atoms with E-state index in [2.05, 4.69) is 31.3 Å². The molecular formula is C8H17N. The SMILES string of the molecule is C/C=C/CN[C@H](C)CC. The van der Waals surface area contributed by atoms with Crippen molar-refractivity contribution < 1.29 is 0 Å². The topological polar surface area (TPSA) is 12.0 Å². The summed E-state index contributed by atoms with van der Waals surface area (Å²) in [4.78, 5) is 0. The summed E-state index contributed by atoms with van der Waals surface area (Å²) in [6.45, 7) is 7.43. The molecule has 1 heteroatoms. The van der Waals surface area contributed by atoms with Crippen LogP contribution in [-0.4, -0.2) is 12.6 Å². The molecule has 0 saturated heterocycles. The fourth-order valence-electron chi connectivity index (χ4n) is 0.531. The molecule has 1 atom stereocenters. The summed E-state index contributed by atoms with van der Waals surface area (Å²) in [5.74, 6) is 0. The zero-order chi connectivity index (χ0) is 7.11. The van der Waals surface area contributed by atoms with Gasteiger partial charge in [0, 0.05) is 12.6 Å². The highest BCUT2D eigenvalue weighted by atomic mass is 14.9. The molecule has 0 aliphatic heterocycles. The fourth-order valence-corrected chi connectivity index (χ4v) is 0.531. The maximum atomic E-state index is 3.35. The Kier molecular flexibility index (Phi) is 5.64. The van der Waals surface area contributed by atoms with E-state index >= 15 is 0 Å². The molecule has 0 amide bonds. The van der Waals surface area contributed by atoms with E-state index in [1.807, 2.05) is 6.92 Å². The van der Waals surface area contributed by atoms with Gasteiger partial charge < -0.3 is 5.32 Å². The molecule has 0 aliphatic carbocycles. The van der Waals surface area contributed by atoms with Gasteiger partial charge in [-0.2, -0.15) is 0 Å². The molecule has 0 radical (unpaired) electrons. The lowest BCUT2D eigenvalue weighted by atomic mass is 10.2. The van der Waals surface area contributed by atoms with Crippen molar-refractivity contribution in [3.05, 3.63) is 12.2 Å². The first-order chi connectivity index (χ1) is 4.31. The third-order valence-corrected chi connectivity index (χ3v) is 1.43. The Bertz CT molecular complexity index is 76.6. The van der Waals surface area contributed by atoms with E-state index in [0.717, 1.165) is 6.54 Å². The molecule has 0 aromatic carbocycles. The minimum Gasteiger partial charge on any atom is -0.311 e. The highest BCUT2D eigenvalue weighted by Crippen LogP contribution is 1.85. The first-order valence-corrected chi connectivity index (χ1v) is 3.65. The van der Waals surface area contributed by atoms with Gasteiger partial charge in [0.15, 0.2) is 0 Å². The van der Waals surface area contributed by atoms with Crippen LogP contribution >= 0.6 is 0 Å². The van der Waals surface area contributed by atoms with Crippen molar-refractivity contribution in [3.63, 3.8) is 0 Å². The van der Waals surface area contributed by atoms with Gasteiger partial charge in [0.25, 0.3) is 0 Å². The van der Waals surface area contributed by atoms with Gasteiger partial charge in [-0.25, -0.2) is 0 Å². The van der Waals surface area contributed by atoms with E-state index in [4.69, 9.17) is 0 Å². The Morgan fingerprint density at radius 3 is 2.67 bits per heavy atom. The Morgan fingerprint density at radius 1 is 1.56 bits per heavy atom. The Hall–Kier alpha value is -0.300. The lowest BCUT2D eigenvalue weighted by Gasteiger charge is -2.07. The molecule has 0 bridgehead atoms. The van der Waals surface area contributed by atoms with E-state index < -0.39 is 0 Å². The highest BCUT2D eigenvalue weighted by Gasteiger charge is 1.91. The van der Waals surface area contributed by atoms with Crippen LogP contribution in [0.5, 0.6) is 0 Å². The lowest BCUT2D eigenvalue weighted by Crippen LogP contribution is -2.24. The van der Waals surface area contributed by atoms with Crippen LogP contribution in [0.15, 0.2) is 12.2 Å². The van der Waals surface area contributed by atoms with Crippen molar-refractivity contribution in [2.75, 3.05) is 6.54 Å². The summed E-state index contributed by atoms with van der Waals surface area (Å²) in [5, 5.41) is 3.35. The molecule has 0 aromatic heterocycles. The van der Waals surface area contributed by atoms with E-state index in [1.165, 1.54) is 6.42 Å². The monoisotopic (exact) mass is 127 g/mol. The van der Waals surface area contributed by atoms with E-state index in [9.17, 15) is 0 Å². The largest absolute Gasteiger partial charge is 0.311 e. The van der Waals surface area contributed by atoms with Crippen molar-refractivity contribution in [1.82, 2.24) is 5.32 Å². The van der Waals surface area contributed by atoms with Gasteiger partial charge in [0.2, 0.25) is 0 Å². The third kappa shape index (κ3) is 5.57. The second-order valence-electron chi connectivity index (χ2n) is 2.29. The Morgan fingerprint density at radius 2 is 2.22 bits per heavy atom. The van der Waals surface area contributed by atoms with Crippen molar-refractivity contribution >= 4 is 0 Å². The van der Waals surface area contributed by atoms with Gasteiger partial charge in [0.05, 0.1) is 0 Å². The maximum absolute atomic E-state index is 3.35. The zero-order valence-corrected chi connectivity index (χ0v) is 6.65. The molecule has 0 saturated carbocycles. The van der Waals surface area contributed by atoms with Crippen LogP contribution in [0.2, 0.25) is 0 Å². The van der Waals surface area contributed by atoms with Crippen LogP contribution in [0.3, 0.4) is 0 Å². The molecule has 0 fully saturated rings. The number of hydrogen-bond acceptors (Lipinski definition) is 1. The molecule has 0 rings (SSSR count). The number of nitrogens with one attached hydrogen (secondary N) is 1. The molecule has 1 nitrogen and oxygen atoms in total. The Labute approximate surface area is 58.2 Å². The molecule has 1 N–H and O–H groups in total. The van der Waals surface area contributed by atoms with Crippen LogP contribution in [0.4, 0.5) is 0 Å². The van der Waals surface area contributed by atoms with Crippen LogP contribution in [0.1, 0.15) is 27.2 Å². The predicted molar refractivity (Wildman–Crippen MR) is 42.6 cm³/mol. The second-order valence-corrected chi connectivity index (χ2v) is 2.29. The number of rotatable bonds is 4. The fraction of sp³-hybridized carbons (Fsp3) is 0.750. The van der Waals surface area contributed by atoms with Crippen molar-refractivity contribution in [2.24, 2.45) is 0 Å². The minimum atomic E-state index is 0.654. The van der Waals surface area contributed by atoms with Crippen LogP contribution in [-0.2, 0) is 0 Å². The number of allylic oxidation sites excluding steroid dienone is 1. The standard InChI is InChI=1S/C8H17N/c1-4-6-7-9-8(3)5-2/h4,6,8-9H,5,7H2,1-3H3/b6-4+/t8-/m1/s1. The molecule has 0 heterocycles. The smallest absolute Gasteiger partial charge is 0.0137 e. The highest BCUT2D eigenvalue weighted by molar-refractivity contribution is 4.80. The quantitative estimate of drug-likeness (QED) is 0.569. The van der Waals surface area contributed by atoms with Crippen LogP contribution in [0.25, 0.3) is 0 Å². The molecule has 0 aromatic rings. The van der Waals surface area contributed by atoms with Crippen LogP contribution < -0.4 is 5.32 Å². The summed E-state index contributed by atoms with van der Waals surface area (Å²) >= 11 is 0. The van der Waals surface area contributed by atoms with Gasteiger partial charge in [-0.3, -0.25) is 0 Å². The summed E-state index contributed by atoms with van der Waals surface area (Å²) in [6, 6.07) is 0.654. The molecule has 0 spiro atoms. The van der Waals surface area contributed by atoms with E-state index in [1.54, 1.807) is 0 Å². The van der Waals surface area contributed by atoms with Gasteiger partial charge in [0.1, 0.15) is 0 Å². The molecule has 0 aliphatic rings. The average Bonchev–Trinajstić information content (AvgIpc) is 1.89. The first-order valence-electron chi connectivity index (χ1n) is 3.65. The summed E-state index contributed by atoms with van der Waals surface area (Å²) in [5.41, 5.74) is 0. The molecule has 9 heavy (non-hydrogen) atoms. The average molecular weight is 127 g/mol. The van der Waals surface area contributed by atoms with Crippen molar-refractivity contribution in [1.29, 1.82) is 0 Å². The molecule has 0 unspecified atom stereocenters. The van der Waals surface area contributed by atoms with Gasteiger partial charge >= 0.3 is 0 Å². The zero-order valence-electron chi connectivity index (χ0n) is 6.65. The molecule has 54 valence electrons. The molecular weight excluding hydrogens is 110 g/mol. The Balaban J connectivity index is 3.06. The van der Waals surface area contributed by atoms with Crippen molar-refractivity contribution in [3.8, 4) is 0 Å². The summed E-state index contributed by atoms with van der Waals surface area (Å²) < 4.78 is 0. The van der Waals surface area contributed by atoms with E-state index in [-0.39, 0.29) is 0 Å². The second kappa shape index (κ2) is 5.83. The summed E-state index contributed by atoms with van der Waals surface area (Å²) in [7, 11) is 0. The first kappa shape index (κ1) is 8.70. The van der Waals surface area contributed by atoms with Gasteiger partial charge in [-0.1, -0.05) is 19.1 Å². The summed E-state index contributed by atoms with van der Waals surface area (Å²) in [6.07, 6.45) is 5.40. The normalized spacial score (nSPS) is 14.6. The predicted octanol–water partition coefficient (Wildman–Crippen LogP) is 1.95. The number of hydrogen-bond donors (Lipinski definition) is 1. The third-order valence-electron chi connectivity index (χ3n) is 1.43. The van der Waals surface area contributed by atoms with E-state index in [0.29, 0.717) is 6.04 Å². The van der Waals surface area contributed by atoms with Gasteiger partial charge in [-0.15, -0.1) is 0 Å². The maximum Gasteiger partial charge on any atom is 0.0137 e. The minimum absolute atomic E-state index is 0.654. The lowest BCUT2D eigenvalue weighted by molar-refractivity contribution is 0.567. The van der Waals surface area contributed by atoms with Crippen LogP contribution in [0, 0.1) is 0 Å². The van der Waals surface area contributed by atoms with Gasteiger partial charge in [-0.05, 0) is 20.3 Å². The van der Waals surface area contributed by atoms with Crippen molar-refractivity contribution in [2.45, 2.75) is 33.2 Å².